The molecule has 0 heterocycles. The fourth-order valence-electron chi connectivity index (χ4n) is 4.79. The molecule has 0 N–H and O–H groups in total. The molecule has 0 fully saturated rings. The van der Waals surface area contributed by atoms with Crippen molar-refractivity contribution in [1.29, 1.82) is 0 Å². The van der Waals surface area contributed by atoms with E-state index in [2.05, 4.69) is 6.92 Å². The number of ether oxygens (including phenoxy) is 3. The maximum absolute atomic E-state index is 11.7. The topological polar surface area (TPSA) is 44.8 Å². The van der Waals surface area contributed by atoms with E-state index in [4.69, 9.17) is 14.2 Å². The molecule has 0 aliphatic heterocycles. The van der Waals surface area contributed by atoms with E-state index in [-0.39, 0.29) is 12.1 Å². The van der Waals surface area contributed by atoms with E-state index < -0.39 is 6.10 Å². The zero-order chi connectivity index (χ0) is 25.1. The minimum absolute atomic E-state index is 0.0596. The molecule has 0 rings (SSSR count). The minimum atomic E-state index is -0.523. The van der Waals surface area contributed by atoms with Gasteiger partial charge in [0, 0.05) is 20.6 Å². The summed E-state index contributed by atoms with van der Waals surface area (Å²) in [6.45, 7) is 2.29. The van der Waals surface area contributed by atoms with Crippen LogP contribution in [0.4, 0.5) is 0 Å². The number of hydrogen-bond donors (Lipinski definition) is 0. The van der Waals surface area contributed by atoms with Crippen molar-refractivity contribution in [2.24, 2.45) is 0 Å². The zero-order valence-corrected chi connectivity index (χ0v) is 23.6. The van der Waals surface area contributed by atoms with Crippen molar-refractivity contribution >= 4 is 5.97 Å². The monoisotopic (exact) mass is 484 g/mol. The van der Waals surface area contributed by atoms with Crippen molar-refractivity contribution in [3.8, 4) is 0 Å². The fourth-order valence-corrected chi connectivity index (χ4v) is 4.79. The summed E-state index contributed by atoms with van der Waals surface area (Å²) >= 11 is 0. The molecule has 0 aromatic carbocycles. The lowest BCUT2D eigenvalue weighted by Gasteiger charge is -2.20. The second-order valence-electron chi connectivity index (χ2n) is 10.2. The summed E-state index contributed by atoms with van der Waals surface area (Å²) in [6.07, 6.45) is 30.5. The van der Waals surface area contributed by atoms with Gasteiger partial charge in [-0.05, 0) is 6.42 Å². The summed E-state index contributed by atoms with van der Waals surface area (Å²) in [5, 5.41) is 0. The van der Waals surface area contributed by atoms with Crippen LogP contribution in [0, 0.1) is 0 Å². The van der Waals surface area contributed by atoms with E-state index in [1.807, 2.05) is 0 Å². The first kappa shape index (κ1) is 33.4. The molecule has 0 spiro atoms. The van der Waals surface area contributed by atoms with Crippen LogP contribution in [0.25, 0.3) is 0 Å². The molecule has 0 saturated carbocycles. The third-order valence-corrected chi connectivity index (χ3v) is 7.19. The van der Waals surface area contributed by atoms with Gasteiger partial charge in [0.05, 0.1) is 13.2 Å². The van der Waals surface area contributed by atoms with E-state index in [9.17, 15) is 4.79 Å². The van der Waals surface area contributed by atoms with Gasteiger partial charge in [-0.1, -0.05) is 142 Å². The lowest BCUT2D eigenvalue weighted by atomic mass is 10.0. The van der Waals surface area contributed by atoms with Gasteiger partial charge >= 0.3 is 5.97 Å². The highest BCUT2D eigenvalue weighted by molar-refractivity contribution is 5.74. The smallest absolute Gasteiger partial charge is 0.335 e. The lowest BCUT2D eigenvalue weighted by molar-refractivity contribution is -0.154. The van der Waals surface area contributed by atoms with Gasteiger partial charge in [-0.15, -0.1) is 0 Å². The molecule has 0 bridgehead atoms. The predicted molar refractivity (Wildman–Crippen MR) is 145 cm³/mol. The molecular weight excluding hydrogens is 424 g/mol. The Kier molecular flexibility index (Phi) is 26.5. The Bertz CT molecular complexity index is 413. The largest absolute Gasteiger partial charge is 0.467 e. The molecule has 0 amide bonds. The van der Waals surface area contributed by atoms with Gasteiger partial charge in [0.2, 0.25) is 0 Å². The minimum Gasteiger partial charge on any atom is -0.467 e. The van der Waals surface area contributed by atoms with Crippen LogP contribution >= 0.6 is 0 Å². The van der Waals surface area contributed by atoms with Gasteiger partial charge in [-0.2, -0.15) is 0 Å². The Labute approximate surface area is 213 Å². The molecule has 0 aromatic rings. The first-order valence-corrected chi connectivity index (χ1v) is 14.8. The molecule has 0 aromatic heterocycles. The summed E-state index contributed by atoms with van der Waals surface area (Å²) in [6, 6.07) is 0. The third-order valence-electron chi connectivity index (χ3n) is 7.19. The number of carbonyl (C=O) groups excluding carboxylic acids is 1. The van der Waals surface area contributed by atoms with E-state index in [0.29, 0.717) is 6.42 Å². The summed E-state index contributed by atoms with van der Waals surface area (Å²) in [5.74, 6) is -0.316. The molecule has 4 heteroatoms. The van der Waals surface area contributed by atoms with Crippen LogP contribution in [0.5, 0.6) is 0 Å². The summed E-state index contributed by atoms with van der Waals surface area (Å²) < 4.78 is 15.5. The number of rotatable bonds is 27. The van der Waals surface area contributed by atoms with Crippen LogP contribution in [0.2, 0.25) is 0 Å². The van der Waals surface area contributed by atoms with Crippen LogP contribution in [0.15, 0.2) is 0 Å². The number of esters is 1. The Morgan fingerprint density at radius 2 is 0.882 bits per heavy atom. The first-order chi connectivity index (χ1) is 16.7. The van der Waals surface area contributed by atoms with Gasteiger partial charge in [0.25, 0.3) is 0 Å². The number of methoxy groups -OCH3 is 3. The molecule has 0 aliphatic carbocycles. The third kappa shape index (κ3) is 21.9. The standard InChI is InChI=1S/C30H60O4/c1-5-6-7-8-9-10-11-12-13-14-15-16-17-18-19-20-21-22-23-24-25-26-28(32-2)27-29(33-3)30(31)34-4/h28-29H,5-27H2,1-4H3. The normalized spacial score (nSPS) is 13.2. The van der Waals surface area contributed by atoms with Crippen molar-refractivity contribution in [1.82, 2.24) is 0 Å². The summed E-state index contributed by atoms with van der Waals surface area (Å²) in [7, 11) is 4.66. The van der Waals surface area contributed by atoms with E-state index in [1.165, 1.54) is 136 Å². The SMILES string of the molecule is CCCCCCCCCCCCCCCCCCCCCCCC(CC(OC)C(=O)OC)OC. The van der Waals surface area contributed by atoms with Crippen LogP contribution in [0.3, 0.4) is 0 Å². The Hall–Kier alpha value is -0.610. The molecule has 34 heavy (non-hydrogen) atoms. The average molecular weight is 485 g/mol. The van der Waals surface area contributed by atoms with Crippen molar-refractivity contribution in [3.05, 3.63) is 0 Å². The van der Waals surface area contributed by atoms with Gasteiger partial charge in [-0.3, -0.25) is 0 Å². The maximum Gasteiger partial charge on any atom is 0.335 e. The van der Waals surface area contributed by atoms with Crippen molar-refractivity contribution in [3.63, 3.8) is 0 Å². The molecule has 0 saturated heterocycles. The molecule has 2 unspecified atom stereocenters. The molecular formula is C30H60O4. The van der Waals surface area contributed by atoms with Crippen molar-refractivity contribution < 1.29 is 19.0 Å². The predicted octanol–water partition coefficient (Wildman–Crippen LogP) is 9.18. The Balaban J connectivity index is 3.32. The number of hydrogen-bond acceptors (Lipinski definition) is 4. The van der Waals surface area contributed by atoms with Gasteiger partial charge in [0.1, 0.15) is 0 Å². The van der Waals surface area contributed by atoms with Crippen LogP contribution in [-0.2, 0) is 19.0 Å². The maximum atomic E-state index is 11.7. The van der Waals surface area contributed by atoms with E-state index in [1.54, 1.807) is 14.2 Å². The summed E-state index contributed by atoms with van der Waals surface area (Å²) in [4.78, 5) is 11.7. The highest BCUT2D eigenvalue weighted by Crippen LogP contribution is 2.17. The average Bonchev–Trinajstić information content (AvgIpc) is 2.86. The molecule has 4 nitrogen and oxygen atoms in total. The fraction of sp³-hybridized carbons (Fsp3) is 0.967. The number of unbranched alkanes of at least 4 members (excludes halogenated alkanes) is 20. The quantitative estimate of drug-likeness (QED) is 0.0861. The Morgan fingerprint density at radius 1 is 0.529 bits per heavy atom. The highest BCUT2D eigenvalue weighted by atomic mass is 16.6. The van der Waals surface area contributed by atoms with Crippen LogP contribution in [-0.4, -0.2) is 39.5 Å². The van der Waals surface area contributed by atoms with E-state index >= 15 is 0 Å². The second-order valence-corrected chi connectivity index (χ2v) is 10.2. The lowest BCUT2D eigenvalue weighted by Crippen LogP contribution is -2.29. The molecule has 0 aliphatic rings. The second kappa shape index (κ2) is 27.0. The van der Waals surface area contributed by atoms with Crippen LogP contribution < -0.4 is 0 Å². The van der Waals surface area contributed by atoms with Gasteiger partial charge in [-0.25, -0.2) is 4.79 Å². The van der Waals surface area contributed by atoms with Gasteiger partial charge in [0.15, 0.2) is 6.10 Å². The van der Waals surface area contributed by atoms with Gasteiger partial charge < -0.3 is 14.2 Å². The Morgan fingerprint density at radius 3 is 1.18 bits per heavy atom. The number of carbonyl (C=O) groups is 1. The molecule has 2 atom stereocenters. The zero-order valence-electron chi connectivity index (χ0n) is 23.6. The highest BCUT2D eigenvalue weighted by Gasteiger charge is 2.23. The molecule has 0 radical (unpaired) electrons. The van der Waals surface area contributed by atoms with Crippen molar-refractivity contribution in [2.75, 3.05) is 21.3 Å². The summed E-state index contributed by atoms with van der Waals surface area (Å²) in [5.41, 5.74) is 0. The molecule has 204 valence electrons. The van der Waals surface area contributed by atoms with Crippen molar-refractivity contribution in [2.45, 2.75) is 167 Å². The first-order valence-electron chi connectivity index (χ1n) is 14.8. The van der Waals surface area contributed by atoms with E-state index in [0.717, 1.165) is 12.8 Å². The van der Waals surface area contributed by atoms with Crippen LogP contribution in [0.1, 0.15) is 155 Å².